The van der Waals surface area contributed by atoms with Gasteiger partial charge in [0.15, 0.2) is 6.10 Å². The van der Waals surface area contributed by atoms with Gasteiger partial charge in [-0.3, -0.25) is 9.59 Å². The third-order valence-corrected chi connectivity index (χ3v) is 4.52. The van der Waals surface area contributed by atoms with Crippen LogP contribution in [-0.2, 0) is 28.7 Å². The lowest BCUT2D eigenvalue weighted by Crippen LogP contribution is -2.27. The van der Waals surface area contributed by atoms with Crippen LogP contribution in [0.2, 0.25) is 0 Å². The zero-order valence-corrected chi connectivity index (χ0v) is 15.9. The van der Waals surface area contributed by atoms with Crippen molar-refractivity contribution in [2.75, 3.05) is 0 Å². The minimum atomic E-state index is -4.73. The molecule has 3 aromatic rings. The predicted octanol–water partition coefficient (Wildman–Crippen LogP) is 4.43. The van der Waals surface area contributed by atoms with Gasteiger partial charge in [-0.2, -0.15) is 13.2 Å². The first-order valence-corrected chi connectivity index (χ1v) is 9.05. The summed E-state index contributed by atoms with van der Waals surface area (Å²) in [5, 5.41) is 0. The molecule has 29 heavy (non-hydrogen) atoms. The number of hydrogen-bond acceptors (Lipinski definition) is 4. The number of alkyl halides is 3. The zero-order valence-electron chi connectivity index (χ0n) is 15.9. The lowest BCUT2D eigenvalue weighted by atomic mass is 10.0. The average Bonchev–Trinajstić information content (AvgIpc) is 3.06. The van der Waals surface area contributed by atoms with Crippen molar-refractivity contribution in [1.82, 2.24) is 9.55 Å². The van der Waals surface area contributed by atoms with E-state index >= 15 is 0 Å². The molecule has 1 aromatic heterocycles. The number of fused-ring (bicyclic) bond motifs is 1. The summed E-state index contributed by atoms with van der Waals surface area (Å²) >= 11 is 0. The maximum absolute atomic E-state index is 13.3. The topological polar surface area (TPSA) is 61.2 Å². The molecule has 0 fully saturated rings. The standard InChI is InChI=1S/C21H19F3N2O3/c1-3-14-8-10-15(11-9-14)19(28)13(2)29-18(27)12-26-17-7-5-4-6-16(17)25-20(26)21(22,23)24/h4-11,13H,3,12H2,1-2H3. The first-order valence-electron chi connectivity index (χ1n) is 9.05. The Labute approximate surface area is 165 Å². The first kappa shape index (κ1) is 20.6. The van der Waals surface area contributed by atoms with E-state index in [2.05, 4.69) is 4.98 Å². The van der Waals surface area contributed by atoms with Gasteiger partial charge in [0.25, 0.3) is 0 Å². The average molecular weight is 404 g/mol. The number of ketones is 1. The highest BCUT2D eigenvalue weighted by atomic mass is 19.4. The minimum Gasteiger partial charge on any atom is -0.453 e. The maximum atomic E-state index is 13.3. The van der Waals surface area contributed by atoms with Crippen LogP contribution in [0.25, 0.3) is 11.0 Å². The van der Waals surface area contributed by atoms with Crippen molar-refractivity contribution in [2.24, 2.45) is 0 Å². The van der Waals surface area contributed by atoms with Gasteiger partial charge in [0.2, 0.25) is 11.6 Å². The van der Waals surface area contributed by atoms with E-state index in [1.54, 1.807) is 36.4 Å². The molecule has 152 valence electrons. The highest BCUT2D eigenvalue weighted by Crippen LogP contribution is 2.31. The smallest absolute Gasteiger partial charge is 0.449 e. The van der Waals surface area contributed by atoms with Crippen molar-refractivity contribution in [2.45, 2.75) is 39.1 Å². The van der Waals surface area contributed by atoms with Crippen LogP contribution in [0.5, 0.6) is 0 Å². The minimum absolute atomic E-state index is 0.118. The number of aryl methyl sites for hydroxylation is 1. The molecule has 0 aliphatic carbocycles. The predicted molar refractivity (Wildman–Crippen MR) is 100 cm³/mol. The normalized spacial score (nSPS) is 12.7. The van der Waals surface area contributed by atoms with Gasteiger partial charge in [0, 0.05) is 5.56 Å². The van der Waals surface area contributed by atoms with E-state index < -0.39 is 36.4 Å². The molecule has 2 aromatic carbocycles. The molecule has 0 saturated heterocycles. The van der Waals surface area contributed by atoms with Crippen LogP contribution in [0, 0.1) is 0 Å². The number of carbonyl (C=O) groups excluding carboxylic acids is 2. The van der Waals surface area contributed by atoms with Crippen LogP contribution in [-0.4, -0.2) is 27.4 Å². The Morgan fingerprint density at radius 3 is 2.38 bits per heavy atom. The largest absolute Gasteiger partial charge is 0.453 e. The number of aromatic nitrogens is 2. The molecule has 1 atom stereocenters. The molecule has 8 heteroatoms. The van der Waals surface area contributed by atoms with Crippen molar-refractivity contribution in [3.63, 3.8) is 0 Å². The lowest BCUT2D eigenvalue weighted by Gasteiger charge is -2.15. The van der Waals surface area contributed by atoms with Crippen molar-refractivity contribution in [3.8, 4) is 0 Å². The molecule has 3 rings (SSSR count). The van der Waals surface area contributed by atoms with Gasteiger partial charge < -0.3 is 9.30 Å². The Bertz CT molecular complexity index is 1040. The molecule has 0 aliphatic rings. The van der Waals surface area contributed by atoms with Crippen LogP contribution in [0.3, 0.4) is 0 Å². The van der Waals surface area contributed by atoms with E-state index in [1.807, 2.05) is 6.92 Å². The Hall–Kier alpha value is -3.16. The second kappa shape index (κ2) is 8.06. The van der Waals surface area contributed by atoms with E-state index in [0.717, 1.165) is 16.6 Å². The Morgan fingerprint density at radius 2 is 1.76 bits per heavy atom. The van der Waals surface area contributed by atoms with Crippen LogP contribution < -0.4 is 0 Å². The number of ether oxygens (including phenoxy) is 1. The second-order valence-electron chi connectivity index (χ2n) is 6.55. The zero-order chi connectivity index (χ0) is 21.2. The molecule has 5 nitrogen and oxygen atoms in total. The molecule has 0 spiro atoms. The van der Waals surface area contributed by atoms with E-state index in [4.69, 9.17) is 4.74 Å². The van der Waals surface area contributed by atoms with Gasteiger partial charge >= 0.3 is 12.1 Å². The molecule has 1 unspecified atom stereocenters. The first-order chi connectivity index (χ1) is 13.7. The van der Waals surface area contributed by atoms with Crippen molar-refractivity contribution < 1.29 is 27.5 Å². The molecule has 0 amide bonds. The number of esters is 1. The second-order valence-corrected chi connectivity index (χ2v) is 6.55. The highest BCUT2D eigenvalue weighted by Gasteiger charge is 2.38. The molecule has 0 bridgehead atoms. The number of rotatable bonds is 6. The SMILES string of the molecule is CCc1ccc(C(=O)C(C)OC(=O)Cn2c(C(F)(F)F)nc3ccccc32)cc1. The summed E-state index contributed by atoms with van der Waals surface area (Å²) in [4.78, 5) is 28.3. The van der Waals surface area contributed by atoms with Gasteiger partial charge in [0.1, 0.15) is 6.54 Å². The third-order valence-electron chi connectivity index (χ3n) is 4.52. The Morgan fingerprint density at radius 1 is 1.10 bits per heavy atom. The number of para-hydroxylation sites is 2. The van der Waals surface area contributed by atoms with Crippen LogP contribution in [0.1, 0.15) is 35.6 Å². The summed E-state index contributed by atoms with van der Waals surface area (Å²) < 4.78 is 45.8. The van der Waals surface area contributed by atoms with Crippen molar-refractivity contribution in [3.05, 3.63) is 65.5 Å². The highest BCUT2D eigenvalue weighted by molar-refractivity contribution is 6.00. The number of Topliss-reactive ketones (excluding diaryl/α,β-unsaturated/α-hetero) is 1. The van der Waals surface area contributed by atoms with Gasteiger partial charge in [0.05, 0.1) is 11.0 Å². The molecule has 0 aliphatic heterocycles. The molecular formula is C21H19F3N2O3. The number of nitrogens with zero attached hydrogens (tertiary/aromatic N) is 2. The fraction of sp³-hybridized carbons (Fsp3) is 0.286. The van der Waals surface area contributed by atoms with Crippen LogP contribution in [0.4, 0.5) is 13.2 Å². The summed E-state index contributed by atoms with van der Waals surface area (Å²) in [7, 11) is 0. The number of carbonyl (C=O) groups is 2. The fourth-order valence-corrected chi connectivity index (χ4v) is 3.01. The summed E-state index contributed by atoms with van der Waals surface area (Å²) in [5.74, 6) is -2.57. The Balaban J connectivity index is 1.77. The van der Waals surface area contributed by atoms with E-state index in [9.17, 15) is 22.8 Å². The van der Waals surface area contributed by atoms with Gasteiger partial charge in [-0.05, 0) is 31.0 Å². The lowest BCUT2D eigenvalue weighted by molar-refractivity contribution is -0.152. The van der Waals surface area contributed by atoms with Crippen LogP contribution >= 0.6 is 0 Å². The molecule has 0 N–H and O–H groups in total. The number of hydrogen-bond donors (Lipinski definition) is 0. The molecule has 0 saturated carbocycles. The van der Waals surface area contributed by atoms with E-state index in [1.165, 1.54) is 19.1 Å². The summed E-state index contributed by atoms with van der Waals surface area (Å²) in [6.45, 7) is 2.67. The quantitative estimate of drug-likeness (QED) is 0.450. The Kier molecular flexibility index (Phi) is 5.72. The van der Waals surface area contributed by atoms with Crippen LogP contribution in [0.15, 0.2) is 48.5 Å². The van der Waals surface area contributed by atoms with E-state index in [0.29, 0.717) is 5.56 Å². The van der Waals surface area contributed by atoms with Crippen molar-refractivity contribution in [1.29, 1.82) is 0 Å². The molecule has 1 heterocycles. The number of halogens is 3. The maximum Gasteiger partial charge on any atom is 0.449 e. The molecule has 0 radical (unpaired) electrons. The number of imidazole rings is 1. The third kappa shape index (κ3) is 4.47. The summed E-state index contributed by atoms with van der Waals surface area (Å²) in [6.07, 6.45) is -5.04. The van der Waals surface area contributed by atoms with Gasteiger partial charge in [-0.1, -0.05) is 43.3 Å². The summed E-state index contributed by atoms with van der Waals surface area (Å²) in [6, 6.07) is 12.9. The summed E-state index contributed by atoms with van der Waals surface area (Å²) in [5.41, 5.74) is 1.70. The number of benzene rings is 2. The van der Waals surface area contributed by atoms with Crippen molar-refractivity contribution >= 4 is 22.8 Å². The monoisotopic (exact) mass is 404 g/mol. The molecular weight excluding hydrogens is 385 g/mol. The van der Waals surface area contributed by atoms with Gasteiger partial charge in [-0.25, -0.2) is 4.98 Å². The fourth-order valence-electron chi connectivity index (χ4n) is 3.01. The van der Waals surface area contributed by atoms with Gasteiger partial charge in [-0.15, -0.1) is 0 Å². The van der Waals surface area contributed by atoms with E-state index in [-0.39, 0.29) is 11.0 Å².